The van der Waals surface area contributed by atoms with Gasteiger partial charge in [0.25, 0.3) is 0 Å². The van der Waals surface area contributed by atoms with E-state index >= 15 is 0 Å². The normalized spacial score (nSPS) is 12.6. The first-order valence-corrected chi connectivity index (χ1v) is 6.64. The van der Waals surface area contributed by atoms with Gasteiger partial charge in [-0.1, -0.05) is 0 Å². The predicted molar refractivity (Wildman–Crippen MR) is 68.4 cm³/mol. The van der Waals surface area contributed by atoms with Gasteiger partial charge in [0, 0.05) is 0 Å². The van der Waals surface area contributed by atoms with Gasteiger partial charge >= 0.3 is 11.9 Å². The predicted octanol–water partition coefficient (Wildman–Crippen LogP) is 0.651. The van der Waals surface area contributed by atoms with Gasteiger partial charge in [-0.15, -0.1) is 0 Å². The van der Waals surface area contributed by atoms with Crippen LogP contribution >= 0.6 is 11.8 Å². The minimum absolute atomic E-state index is 0.171. The highest BCUT2D eigenvalue weighted by Gasteiger charge is 2.18. The van der Waals surface area contributed by atoms with Crippen molar-refractivity contribution in [3.63, 3.8) is 0 Å². The van der Waals surface area contributed by atoms with Crippen LogP contribution in [0.15, 0.2) is 0 Å². The molecule has 1 unspecified atom stereocenters. The molecule has 0 heterocycles. The topological polar surface area (TPSA) is 92.7 Å². The van der Waals surface area contributed by atoms with Crippen LogP contribution in [0.25, 0.3) is 0 Å². The van der Waals surface area contributed by atoms with Crippen LogP contribution in [-0.2, 0) is 19.1 Å². The minimum Gasteiger partial charge on any atom is -0.480 e. The monoisotopic (exact) mass is 277 g/mol. The van der Waals surface area contributed by atoms with Crippen molar-refractivity contribution in [2.75, 3.05) is 11.5 Å². The number of carboxylic acid groups (broad SMARTS) is 1. The Balaban J connectivity index is 3.81. The molecule has 0 aromatic carbocycles. The number of carboxylic acids is 1. The summed E-state index contributed by atoms with van der Waals surface area (Å²) >= 11 is 1.28. The van der Waals surface area contributed by atoms with Gasteiger partial charge in [0.15, 0.2) is 0 Å². The number of amides is 1. The number of thioether (sulfide) groups is 1. The van der Waals surface area contributed by atoms with Crippen LogP contribution in [0.4, 0.5) is 0 Å². The maximum Gasteiger partial charge on any atom is 0.326 e. The van der Waals surface area contributed by atoms with E-state index in [9.17, 15) is 14.4 Å². The quantitative estimate of drug-likeness (QED) is 0.384. The Morgan fingerprint density at radius 1 is 1.44 bits per heavy atom. The standard InChI is InChI=1S/C11H19NO5S/c1-11(2,3)17-9(14)6-18-5-4-8(10(15)16)12-7-13/h7-8H,4-6H2,1-3H3,(H,12,13)(H,15,16). The molecule has 6 nitrogen and oxygen atoms in total. The summed E-state index contributed by atoms with van der Waals surface area (Å²) in [7, 11) is 0. The summed E-state index contributed by atoms with van der Waals surface area (Å²) in [4.78, 5) is 32.2. The molecule has 0 saturated heterocycles. The summed E-state index contributed by atoms with van der Waals surface area (Å²) in [6.45, 7) is 5.35. The van der Waals surface area contributed by atoms with Crippen LogP contribution in [0.3, 0.4) is 0 Å². The van der Waals surface area contributed by atoms with Gasteiger partial charge in [-0.25, -0.2) is 4.79 Å². The van der Waals surface area contributed by atoms with E-state index in [0.29, 0.717) is 12.2 Å². The number of carbonyl (C=O) groups excluding carboxylic acids is 2. The van der Waals surface area contributed by atoms with Gasteiger partial charge in [-0.2, -0.15) is 11.8 Å². The largest absolute Gasteiger partial charge is 0.480 e. The van der Waals surface area contributed by atoms with E-state index in [0.717, 1.165) is 0 Å². The number of rotatable bonds is 8. The highest BCUT2D eigenvalue weighted by Crippen LogP contribution is 2.11. The lowest BCUT2D eigenvalue weighted by atomic mass is 10.2. The Morgan fingerprint density at radius 3 is 2.50 bits per heavy atom. The van der Waals surface area contributed by atoms with Gasteiger partial charge in [0.1, 0.15) is 11.6 Å². The minimum atomic E-state index is -1.08. The summed E-state index contributed by atoms with van der Waals surface area (Å²) in [6.07, 6.45) is 0.624. The Morgan fingerprint density at radius 2 is 2.06 bits per heavy atom. The number of ether oxygens (including phenoxy) is 1. The maximum absolute atomic E-state index is 11.3. The number of carbonyl (C=O) groups is 3. The molecule has 0 rings (SSSR count). The van der Waals surface area contributed by atoms with Gasteiger partial charge < -0.3 is 15.2 Å². The number of aliphatic carboxylic acids is 1. The highest BCUT2D eigenvalue weighted by molar-refractivity contribution is 7.99. The SMILES string of the molecule is CC(C)(C)OC(=O)CSCCC(NC=O)C(=O)O. The van der Waals surface area contributed by atoms with E-state index in [1.807, 2.05) is 0 Å². The van der Waals surface area contributed by atoms with Crippen molar-refractivity contribution in [1.82, 2.24) is 5.32 Å². The molecule has 0 spiro atoms. The van der Waals surface area contributed by atoms with E-state index < -0.39 is 17.6 Å². The molecule has 0 aromatic rings. The molecule has 0 aromatic heterocycles. The molecule has 104 valence electrons. The Bertz CT molecular complexity index is 300. The van der Waals surface area contributed by atoms with Crippen LogP contribution in [-0.4, -0.2) is 46.6 Å². The lowest BCUT2D eigenvalue weighted by Gasteiger charge is -2.19. The zero-order valence-corrected chi connectivity index (χ0v) is 11.6. The first kappa shape index (κ1) is 16.8. The highest BCUT2D eigenvalue weighted by atomic mass is 32.2. The molecule has 1 atom stereocenters. The van der Waals surface area contributed by atoms with Crippen molar-refractivity contribution in [2.24, 2.45) is 0 Å². The van der Waals surface area contributed by atoms with Crippen LogP contribution in [0, 0.1) is 0 Å². The number of esters is 1. The fraction of sp³-hybridized carbons (Fsp3) is 0.727. The average Bonchev–Trinajstić information content (AvgIpc) is 2.19. The maximum atomic E-state index is 11.3. The van der Waals surface area contributed by atoms with E-state index in [-0.39, 0.29) is 18.1 Å². The van der Waals surface area contributed by atoms with E-state index in [4.69, 9.17) is 9.84 Å². The molecule has 0 aliphatic rings. The van der Waals surface area contributed by atoms with Crippen molar-refractivity contribution >= 4 is 30.1 Å². The molecule has 7 heteroatoms. The number of nitrogens with one attached hydrogen (secondary N) is 1. The smallest absolute Gasteiger partial charge is 0.326 e. The third-order valence-corrected chi connectivity index (χ3v) is 2.72. The molecule has 0 radical (unpaired) electrons. The van der Waals surface area contributed by atoms with Crippen molar-refractivity contribution in [1.29, 1.82) is 0 Å². The summed E-state index contributed by atoms with van der Waals surface area (Å²) in [5.74, 6) is -0.787. The molecule has 0 fully saturated rings. The van der Waals surface area contributed by atoms with Crippen molar-refractivity contribution in [2.45, 2.75) is 38.8 Å². The summed E-state index contributed by atoms with van der Waals surface area (Å²) in [6, 6.07) is -0.909. The second-order valence-corrected chi connectivity index (χ2v) is 5.71. The zero-order chi connectivity index (χ0) is 14.2. The summed E-state index contributed by atoms with van der Waals surface area (Å²) in [5, 5.41) is 10.9. The fourth-order valence-corrected chi connectivity index (χ4v) is 1.86. The first-order valence-electron chi connectivity index (χ1n) is 5.48. The second-order valence-electron chi connectivity index (χ2n) is 4.60. The molecule has 0 aliphatic heterocycles. The lowest BCUT2D eigenvalue weighted by molar-refractivity contribution is -0.151. The van der Waals surface area contributed by atoms with Gasteiger partial charge in [0.2, 0.25) is 6.41 Å². The fourth-order valence-electron chi connectivity index (χ4n) is 1.09. The molecule has 1 amide bonds. The van der Waals surface area contributed by atoms with Gasteiger partial charge in [-0.3, -0.25) is 9.59 Å². The molecule has 18 heavy (non-hydrogen) atoms. The van der Waals surface area contributed by atoms with Crippen LogP contribution < -0.4 is 5.32 Å². The van der Waals surface area contributed by atoms with Crippen molar-refractivity contribution in [3.8, 4) is 0 Å². The molecule has 0 bridgehead atoms. The van der Waals surface area contributed by atoms with E-state index in [2.05, 4.69) is 5.32 Å². The summed E-state index contributed by atoms with van der Waals surface area (Å²) in [5.41, 5.74) is -0.514. The third kappa shape index (κ3) is 8.86. The third-order valence-electron chi connectivity index (χ3n) is 1.76. The number of hydrogen-bond donors (Lipinski definition) is 2. The second kappa shape index (κ2) is 7.97. The van der Waals surface area contributed by atoms with Crippen LogP contribution in [0.5, 0.6) is 0 Å². The van der Waals surface area contributed by atoms with E-state index in [1.54, 1.807) is 20.8 Å². The average molecular weight is 277 g/mol. The van der Waals surface area contributed by atoms with Gasteiger partial charge in [-0.05, 0) is 32.9 Å². The zero-order valence-electron chi connectivity index (χ0n) is 10.8. The molecular formula is C11H19NO5S. The lowest BCUT2D eigenvalue weighted by Crippen LogP contribution is -2.36. The molecule has 2 N–H and O–H groups in total. The van der Waals surface area contributed by atoms with Gasteiger partial charge in [0.05, 0.1) is 5.75 Å². The summed E-state index contributed by atoms with van der Waals surface area (Å²) < 4.78 is 5.09. The van der Waals surface area contributed by atoms with Crippen LogP contribution in [0.1, 0.15) is 27.2 Å². The Labute approximate surface area is 110 Å². The van der Waals surface area contributed by atoms with Crippen molar-refractivity contribution in [3.05, 3.63) is 0 Å². The number of hydrogen-bond acceptors (Lipinski definition) is 5. The molecule has 0 aliphatic carbocycles. The van der Waals surface area contributed by atoms with Crippen molar-refractivity contribution < 1.29 is 24.2 Å². The molecular weight excluding hydrogens is 258 g/mol. The van der Waals surface area contributed by atoms with Crippen LogP contribution in [0.2, 0.25) is 0 Å². The first-order chi connectivity index (χ1) is 8.26. The Kier molecular flexibility index (Phi) is 7.42. The van der Waals surface area contributed by atoms with E-state index in [1.165, 1.54) is 11.8 Å². The Hall–Kier alpha value is -1.24. The molecule has 0 saturated carbocycles.